The van der Waals surface area contributed by atoms with Crippen LogP contribution in [0, 0.1) is 0 Å². The molecule has 4 rings (SSSR count). The van der Waals surface area contributed by atoms with Crippen molar-refractivity contribution < 1.29 is 4.79 Å². The van der Waals surface area contributed by atoms with Gasteiger partial charge in [0.1, 0.15) is 0 Å². The van der Waals surface area contributed by atoms with Gasteiger partial charge in [-0.25, -0.2) is 0 Å². The number of rotatable bonds is 6. The molecule has 1 aliphatic heterocycles. The van der Waals surface area contributed by atoms with E-state index >= 15 is 0 Å². The monoisotopic (exact) mass is 388 g/mol. The first-order valence-electron chi connectivity index (χ1n) is 10.3. The lowest BCUT2D eigenvalue weighted by Gasteiger charge is -2.36. The molecule has 1 aromatic heterocycles. The number of carbonyl (C=O) groups is 1. The van der Waals surface area contributed by atoms with Crippen LogP contribution in [0.15, 0.2) is 73.1 Å². The molecule has 1 N–H and O–H groups in total. The Hall–Kier alpha value is -3.05. The minimum Gasteiger partial charge on any atom is -0.369 e. The van der Waals surface area contributed by atoms with Crippen LogP contribution < -0.4 is 10.2 Å². The van der Waals surface area contributed by atoms with Gasteiger partial charge in [0.05, 0.1) is 0 Å². The maximum absolute atomic E-state index is 12.7. The molecular formula is C24H28N4O. The van der Waals surface area contributed by atoms with Crippen molar-refractivity contribution in [2.24, 2.45) is 0 Å². The summed E-state index contributed by atoms with van der Waals surface area (Å²) in [5.74, 6) is -0.0973. The van der Waals surface area contributed by atoms with Crippen LogP contribution in [-0.4, -0.2) is 48.1 Å². The fourth-order valence-corrected chi connectivity index (χ4v) is 3.82. The number of carbonyl (C=O) groups excluding carboxylic acids is 1. The van der Waals surface area contributed by atoms with Crippen molar-refractivity contribution in [1.29, 1.82) is 0 Å². The Kier molecular flexibility index (Phi) is 5.96. The molecule has 0 aliphatic carbocycles. The number of anilines is 2. The summed E-state index contributed by atoms with van der Waals surface area (Å²) in [5.41, 5.74) is 3.65. The number of piperazine rings is 1. The molecule has 0 radical (unpaired) electrons. The van der Waals surface area contributed by atoms with Crippen LogP contribution in [0.25, 0.3) is 5.69 Å². The standard InChI is InChI=1S/C24H28N4O/c1-2-12-26-15-17-28(18-16-26)22-10-8-21(9-11-22)25-24(29)20-6-5-7-23(19-20)27-13-3-4-14-27/h3-11,13-14,19H,2,12,15-18H2,1H3,(H,25,29). The van der Waals surface area contributed by atoms with E-state index in [1.54, 1.807) is 0 Å². The quantitative estimate of drug-likeness (QED) is 0.686. The van der Waals surface area contributed by atoms with Crippen molar-refractivity contribution in [1.82, 2.24) is 9.47 Å². The molecule has 5 heteroatoms. The van der Waals surface area contributed by atoms with E-state index in [4.69, 9.17) is 0 Å². The summed E-state index contributed by atoms with van der Waals surface area (Å²) in [7, 11) is 0. The maximum Gasteiger partial charge on any atom is 0.255 e. The van der Waals surface area contributed by atoms with Gasteiger partial charge in [-0.15, -0.1) is 0 Å². The summed E-state index contributed by atoms with van der Waals surface area (Å²) >= 11 is 0. The summed E-state index contributed by atoms with van der Waals surface area (Å²) in [4.78, 5) is 17.6. The molecule has 2 heterocycles. The molecule has 1 saturated heterocycles. The summed E-state index contributed by atoms with van der Waals surface area (Å²) < 4.78 is 1.99. The van der Waals surface area contributed by atoms with E-state index in [-0.39, 0.29) is 5.91 Å². The number of amides is 1. The van der Waals surface area contributed by atoms with E-state index in [9.17, 15) is 4.79 Å². The highest BCUT2D eigenvalue weighted by Crippen LogP contribution is 2.20. The van der Waals surface area contributed by atoms with Crippen molar-refractivity contribution in [2.45, 2.75) is 13.3 Å². The third-order valence-electron chi connectivity index (χ3n) is 5.41. The van der Waals surface area contributed by atoms with Gasteiger partial charge in [0.15, 0.2) is 0 Å². The summed E-state index contributed by atoms with van der Waals surface area (Å²) in [6, 6.07) is 19.8. The van der Waals surface area contributed by atoms with Crippen LogP contribution in [0.5, 0.6) is 0 Å². The molecule has 1 fully saturated rings. The molecule has 2 aromatic carbocycles. The third-order valence-corrected chi connectivity index (χ3v) is 5.41. The van der Waals surface area contributed by atoms with Gasteiger partial charge in [-0.3, -0.25) is 9.69 Å². The van der Waals surface area contributed by atoms with Gasteiger partial charge in [-0.1, -0.05) is 13.0 Å². The van der Waals surface area contributed by atoms with Gasteiger partial charge >= 0.3 is 0 Å². The van der Waals surface area contributed by atoms with Crippen molar-refractivity contribution in [3.63, 3.8) is 0 Å². The molecule has 150 valence electrons. The lowest BCUT2D eigenvalue weighted by molar-refractivity contribution is 0.102. The molecule has 1 aliphatic rings. The fraction of sp³-hybridized carbons (Fsp3) is 0.292. The zero-order valence-corrected chi connectivity index (χ0v) is 16.9. The normalized spacial score (nSPS) is 14.7. The zero-order chi connectivity index (χ0) is 20.1. The van der Waals surface area contributed by atoms with E-state index in [1.807, 2.05) is 65.5 Å². The van der Waals surface area contributed by atoms with Crippen LogP contribution in [0.4, 0.5) is 11.4 Å². The van der Waals surface area contributed by atoms with Crippen LogP contribution in [0.3, 0.4) is 0 Å². The lowest BCUT2D eigenvalue weighted by atomic mass is 10.1. The Morgan fingerprint density at radius 3 is 2.31 bits per heavy atom. The number of aromatic nitrogens is 1. The maximum atomic E-state index is 12.7. The molecule has 0 unspecified atom stereocenters. The highest BCUT2D eigenvalue weighted by atomic mass is 16.1. The Labute approximate surface area is 172 Å². The summed E-state index contributed by atoms with van der Waals surface area (Å²) in [5, 5.41) is 3.01. The highest BCUT2D eigenvalue weighted by molar-refractivity contribution is 6.04. The van der Waals surface area contributed by atoms with Crippen molar-refractivity contribution in [3.8, 4) is 5.69 Å². The third kappa shape index (κ3) is 4.69. The van der Waals surface area contributed by atoms with Crippen LogP contribution >= 0.6 is 0 Å². The van der Waals surface area contributed by atoms with E-state index in [1.165, 1.54) is 18.7 Å². The molecule has 3 aromatic rings. The van der Waals surface area contributed by atoms with Gasteiger partial charge in [0.25, 0.3) is 5.91 Å². The Balaban J connectivity index is 1.38. The number of benzene rings is 2. The smallest absolute Gasteiger partial charge is 0.255 e. The molecule has 0 bridgehead atoms. The van der Waals surface area contributed by atoms with Gasteiger partial charge in [-0.2, -0.15) is 0 Å². The van der Waals surface area contributed by atoms with Crippen molar-refractivity contribution in [2.75, 3.05) is 42.9 Å². The predicted molar refractivity (Wildman–Crippen MR) is 119 cm³/mol. The Morgan fingerprint density at radius 1 is 0.897 bits per heavy atom. The van der Waals surface area contributed by atoms with E-state index in [2.05, 4.69) is 34.2 Å². The Morgan fingerprint density at radius 2 is 1.62 bits per heavy atom. The topological polar surface area (TPSA) is 40.5 Å². The lowest BCUT2D eigenvalue weighted by Crippen LogP contribution is -2.46. The fourth-order valence-electron chi connectivity index (χ4n) is 3.82. The van der Waals surface area contributed by atoms with Crippen LogP contribution in [-0.2, 0) is 0 Å². The second kappa shape index (κ2) is 8.97. The summed E-state index contributed by atoms with van der Waals surface area (Å²) in [6.45, 7) is 7.75. The molecule has 29 heavy (non-hydrogen) atoms. The second-order valence-electron chi connectivity index (χ2n) is 7.47. The molecular weight excluding hydrogens is 360 g/mol. The second-order valence-corrected chi connectivity index (χ2v) is 7.47. The average Bonchev–Trinajstić information content (AvgIpc) is 3.30. The van der Waals surface area contributed by atoms with E-state index < -0.39 is 0 Å². The molecule has 1 amide bonds. The van der Waals surface area contributed by atoms with Gasteiger partial charge < -0.3 is 14.8 Å². The molecule has 5 nitrogen and oxygen atoms in total. The first kappa shape index (κ1) is 19.3. The minimum atomic E-state index is -0.0973. The van der Waals surface area contributed by atoms with Crippen molar-refractivity contribution in [3.05, 3.63) is 78.6 Å². The molecule has 0 atom stereocenters. The molecule has 0 saturated carbocycles. The summed E-state index contributed by atoms with van der Waals surface area (Å²) in [6.07, 6.45) is 5.15. The van der Waals surface area contributed by atoms with Gasteiger partial charge in [0.2, 0.25) is 0 Å². The van der Waals surface area contributed by atoms with E-state index in [0.29, 0.717) is 5.56 Å². The number of hydrogen-bond acceptors (Lipinski definition) is 3. The predicted octanol–water partition coefficient (Wildman–Crippen LogP) is 4.26. The van der Waals surface area contributed by atoms with Gasteiger partial charge in [0, 0.05) is 61.2 Å². The average molecular weight is 389 g/mol. The first-order chi connectivity index (χ1) is 14.2. The number of nitrogens with one attached hydrogen (secondary N) is 1. The largest absolute Gasteiger partial charge is 0.369 e. The SMILES string of the molecule is CCCN1CCN(c2ccc(NC(=O)c3cccc(-n4cccc4)c3)cc2)CC1. The van der Waals surface area contributed by atoms with Crippen molar-refractivity contribution >= 4 is 17.3 Å². The van der Waals surface area contributed by atoms with Crippen LogP contribution in [0.2, 0.25) is 0 Å². The molecule has 0 spiro atoms. The Bertz CT molecular complexity index is 926. The highest BCUT2D eigenvalue weighted by Gasteiger charge is 2.16. The van der Waals surface area contributed by atoms with Gasteiger partial charge in [-0.05, 0) is 67.6 Å². The van der Waals surface area contributed by atoms with E-state index in [0.717, 1.165) is 37.6 Å². The minimum absolute atomic E-state index is 0.0973. The zero-order valence-electron chi connectivity index (χ0n) is 16.9. The number of nitrogens with zero attached hydrogens (tertiary/aromatic N) is 3. The van der Waals surface area contributed by atoms with Crippen LogP contribution in [0.1, 0.15) is 23.7 Å². The first-order valence-corrected chi connectivity index (χ1v) is 10.3. The number of hydrogen-bond donors (Lipinski definition) is 1.